The van der Waals surface area contributed by atoms with E-state index in [4.69, 9.17) is 5.11 Å². The van der Waals surface area contributed by atoms with E-state index in [-0.39, 0.29) is 6.42 Å². The predicted molar refractivity (Wildman–Crippen MR) is 83.0 cm³/mol. The van der Waals surface area contributed by atoms with Gasteiger partial charge in [0.15, 0.2) is 0 Å². The molecule has 2 N–H and O–H groups in total. The first-order valence-corrected chi connectivity index (χ1v) is 6.78. The minimum absolute atomic E-state index is 0.00750. The minimum Gasteiger partial charge on any atom is -0.481 e. The van der Waals surface area contributed by atoms with E-state index in [9.17, 15) is 4.79 Å². The molecule has 21 heavy (non-hydrogen) atoms. The number of benzene rings is 2. The average Bonchev–Trinajstić information content (AvgIpc) is 2.92. The maximum atomic E-state index is 11.1. The van der Waals surface area contributed by atoms with Crippen LogP contribution in [0.3, 0.4) is 0 Å². The van der Waals surface area contributed by atoms with Crippen LogP contribution in [0.15, 0.2) is 66.7 Å². The highest BCUT2D eigenvalue weighted by Crippen LogP contribution is 2.29. The number of nitrogens with one attached hydrogen (secondary N) is 1. The summed E-state index contributed by atoms with van der Waals surface area (Å²) in [6.07, 6.45) is 0.00750. The normalized spacial score (nSPS) is 10.5. The highest BCUT2D eigenvalue weighted by Gasteiger charge is 2.13. The van der Waals surface area contributed by atoms with E-state index >= 15 is 0 Å². The van der Waals surface area contributed by atoms with Crippen molar-refractivity contribution in [1.29, 1.82) is 0 Å². The molecule has 3 heteroatoms. The number of aromatic nitrogens is 1. The maximum absolute atomic E-state index is 11.1. The third kappa shape index (κ3) is 2.87. The second-order valence-electron chi connectivity index (χ2n) is 4.89. The van der Waals surface area contributed by atoms with Crippen molar-refractivity contribution in [2.24, 2.45) is 0 Å². The molecule has 0 spiro atoms. The highest BCUT2D eigenvalue weighted by atomic mass is 16.4. The summed E-state index contributed by atoms with van der Waals surface area (Å²) < 4.78 is 0. The van der Waals surface area contributed by atoms with Crippen LogP contribution in [0.1, 0.15) is 5.56 Å². The number of hydrogen-bond donors (Lipinski definition) is 2. The van der Waals surface area contributed by atoms with E-state index in [1.807, 2.05) is 66.7 Å². The second kappa shape index (κ2) is 5.67. The number of H-pyrrole nitrogens is 1. The van der Waals surface area contributed by atoms with Gasteiger partial charge in [0, 0.05) is 11.4 Å². The molecule has 3 rings (SSSR count). The van der Waals surface area contributed by atoms with Gasteiger partial charge < -0.3 is 10.1 Å². The SMILES string of the molecule is O=C(O)Cc1cc(-c2ccccc2)[nH]c1-c1ccccc1. The van der Waals surface area contributed by atoms with Crippen molar-refractivity contribution < 1.29 is 9.90 Å². The number of hydrogen-bond acceptors (Lipinski definition) is 1. The van der Waals surface area contributed by atoms with Crippen molar-refractivity contribution >= 4 is 5.97 Å². The molecule has 1 aromatic heterocycles. The van der Waals surface area contributed by atoms with E-state index in [1.165, 1.54) is 0 Å². The Morgan fingerprint density at radius 1 is 0.905 bits per heavy atom. The third-order valence-corrected chi connectivity index (χ3v) is 3.39. The Balaban J connectivity index is 2.10. The molecule has 0 atom stereocenters. The van der Waals surface area contributed by atoms with Gasteiger partial charge in [-0.25, -0.2) is 0 Å². The molecular formula is C18H15NO2. The van der Waals surface area contributed by atoms with Gasteiger partial charge in [0.25, 0.3) is 0 Å². The fourth-order valence-corrected chi connectivity index (χ4v) is 2.44. The molecule has 3 aromatic rings. The standard InChI is InChI=1S/C18H15NO2/c20-17(21)12-15-11-16(13-7-3-1-4-8-13)19-18(15)14-9-5-2-6-10-14/h1-11,19H,12H2,(H,20,21). The van der Waals surface area contributed by atoms with Crippen molar-refractivity contribution in [2.45, 2.75) is 6.42 Å². The topological polar surface area (TPSA) is 53.1 Å². The van der Waals surface area contributed by atoms with Crippen LogP contribution < -0.4 is 0 Å². The summed E-state index contributed by atoms with van der Waals surface area (Å²) in [6.45, 7) is 0. The van der Waals surface area contributed by atoms with Gasteiger partial charge in [-0.15, -0.1) is 0 Å². The Morgan fingerprint density at radius 3 is 2.05 bits per heavy atom. The number of carbonyl (C=O) groups is 1. The van der Waals surface area contributed by atoms with Crippen LogP contribution in [0, 0.1) is 0 Å². The summed E-state index contributed by atoms with van der Waals surface area (Å²) in [5.74, 6) is -0.828. The molecule has 0 fully saturated rings. The monoisotopic (exact) mass is 277 g/mol. The molecule has 0 amide bonds. The lowest BCUT2D eigenvalue weighted by Crippen LogP contribution is -2.00. The zero-order valence-electron chi connectivity index (χ0n) is 11.4. The van der Waals surface area contributed by atoms with E-state index < -0.39 is 5.97 Å². The fraction of sp³-hybridized carbons (Fsp3) is 0.0556. The average molecular weight is 277 g/mol. The van der Waals surface area contributed by atoms with Crippen molar-refractivity contribution in [1.82, 2.24) is 4.98 Å². The quantitative estimate of drug-likeness (QED) is 0.758. The number of carboxylic acid groups (broad SMARTS) is 1. The van der Waals surface area contributed by atoms with Crippen molar-refractivity contribution in [3.63, 3.8) is 0 Å². The molecule has 104 valence electrons. The van der Waals surface area contributed by atoms with E-state index in [1.54, 1.807) is 0 Å². The van der Waals surface area contributed by atoms with Crippen LogP contribution >= 0.6 is 0 Å². The lowest BCUT2D eigenvalue weighted by molar-refractivity contribution is -0.136. The predicted octanol–water partition coefficient (Wildman–Crippen LogP) is 3.98. The van der Waals surface area contributed by atoms with Gasteiger partial charge in [-0.1, -0.05) is 60.7 Å². The van der Waals surface area contributed by atoms with Gasteiger partial charge >= 0.3 is 5.97 Å². The first-order chi connectivity index (χ1) is 10.2. The van der Waals surface area contributed by atoms with Gasteiger partial charge in [-0.2, -0.15) is 0 Å². The summed E-state index contributed by atoms with van der Waals surface area (Å²) in [5, 5.41) is 9.10. The lowest BCUT2D eigenvalue weighted by atomic mass is 10.1. The summed E-state index contributed by atoms with van der Waals surface area (Å²) >= 11 is 0. The molecule has 1 heterocycles. The van der Waals surface area contributed by atoms with Crippen molar-refractivity contribution in [3.05, 3.63) is 72.3 Å². The number of aromatic amines is 1. The van der Waals surface area contributed by atoms with Crippen LogP contribution in [0.25, 0.3) is 22.5 Å². The second-order valence-corrected chi connectivity index (χ2v) is 4.89. The Bertz CT molecular complexity index is 745. The molecule has 0 aliphatic heterocycles. The van der Waals surface area contributed by atoms with E-state index in [0.29, 0.717) is 0 Å². The third-order valence-electron chi connectivity index (χ3n) is 3.39. The van der Waals surface area contributed by atoms with Gasteiger partial charge in [0.2, 0.25) is 0 Å². The van der Waals surface area contributed by atoms with Crippen LogP contribution in [-0.2, 0) is 11.2 Å². The maximum Gasteiger partial charge on any atom is 0.307 e. The molecule has 0 aliphatic carbocycles. The highest BCUT2D eigenvalue weighted by molar-refractivity contribution is 5.78. The Morgan fingerprint density at radius 2 is 1.48 bits per heavy atom. The van der Waals surface area contributed by atoms with Crippen LogP contribution in [-0.4, -0.2) is 16.1 Å². The van der Waals surface area contributed by atoms with Crippen LogP contribution in [0.4, 0.5) is 0 Å². The summed E-state index contributed by atoms with van der Waals surface area (Å²) in [6, 6.07) is 21.6. The fourth-order valence-electron chi connectivity index (χ4n) is 2.44. The smallest absolute Gasteiger partial charge is 0.307 e. The van der Waals surface area contributed by atoms with Crippen LogP contribution in [0.2, 0.25) is 0 Å². The Labute approximate surface area is 122 Å². The number of aliphatic carboxylic acids is 1. The van der Waals surface area contributed by atoms with Gasteiger partial charge in [-0.3, -0.25) is 4.79 Å². The molecule has 0 radical (unpaired) electrons. The number of carboxylic acids is 1. The Hall–Kier alpha value is -2.81. The number of rotatable bonds is 4. The van der Waals surface area contributed by atoms with Gasteiger partial charge in [0.1, 0.15) is 0 Å². The summed E-state index contributed by atoms with van der Waals surface area (Å²) in [4.78, 5) is 14.4. The molecule has 2 aromatic carbocycles. The van der Waals surface area contributed by atoms with Gasteiger partial charge in [-0.05, 0) is 22.8 Å². The molecule has 3 nitrogen and oxygen atoms in total. The molecule has 0 unspecified atom stereocenters. The molecular weight excluding hydrogens is 262 g/mol. The van der Waals surface area contributed by atoms with Crippen molar-refractivity contribution in [3.8, 4) is 22.5 Å². The van der Waals surface area contributed by atoms with Crippen molar-refractivity contribution in [2.75, 3.05) is 0 Å². The molecule has 0 saturated carbocycles. The first-order valence-electron chi connectivity index (χ1n) is 6.78. The van der Waals surface area contributed by atoms with E-state index in [2.05, 4.69) is 4.98 Å². The largest absolute Gasteiger partial charge is 0.481 e. The summed E-state index contributed by atoms with van der Waals surface area (Å²) in [5.41, 5.74) is 4.65. The zero-order chi connectivity index (χ0) is 14.7. The summed E-state index contributed by atoms with van der Waals surface area (Å²) in [7, 11) is 0. The van der Waals surface area contributed by atoms with E-state index in [0.717, 1.165) is 28.1 Å². The lowest BCUT2D eigenvalue weighted by Gasteiger charge is -2.02. The minimum atomic E-state index is -0.828. The molecule has 0 saturated heterocycles. The molecule has 0 bridgehead atoms. The van der Waals surface area contributed by atoms with Crippen LogP contribution in [0.5, 0.6) is 0 Å². The molecule has 0 aliphatic rings. The van der Waals surface area contributed by atoms with Gasteiger partial charge in [0.05, 0.1) is 6.42 Å². The zero-order valence-corrected chi connectivity index (χ0v) is 11.4. The first kappa shape index (κ1) is 13.2. The Kier molecular flexibility index (Phi) is 3.56.